The molecule has 0 saturated carbocycles. The summed E-state index contributed by atoms with van der Waals surface area (Å²) >= 11 is 9.19. The summed E-state index contributed by atoms with van der Waals surface area (Å²) in [4.78, 5) is 25.2. The van der Waals surface area contributed by atoms with Gasteiger partial charge in [0.1, 0.15) is 5.75 Å². The van der Waals surface area contributed by atoms with Crippen LogP contribution in [-0.2, 0) is 10.0 Å². The van der Waals surface area contributed by atoms with Gasteiger partial charge in [0.25, 0.3) is 15.9 Å². The molecule has 0 aliphatic heterocycles. The average molecular weight is 627 g/mol. The highest BCUT2D eigenvalue weighted by Crippen LogP contribution is 2.23. The van der Waals surface area contributed by atoms with Crippen molar-refractivity contribution in [2.45, 2.75) is 11.8 Å². The fourth-order valence-electron chi connectivity index (χ4n) is 3.39. The lowest BCUT2D eigenvalue weighted by atomic mass is 10.1. The molecule has 0 radical (unpaired) electrons. The molecule has 8 nitrogen and oxygen atoms in total. The van der Waals surface area contributed by atoms with Gasteiger partial charge in [-0.1, -0.05) is 45.2 Å². The van der Waals surface area contributed by atoms with Crippen LogP contribution in [0.2, 0.25) is 5.02 Å². The maximum absolute atomic E-state index is 12.6. The van der Waals surface area contributed by atoms with Gasteiger partial charge in [-0.25, -0.2) is 18.6 Å². The van der Waals surface area contributed by atoms with Crippen molar-refractivity contribution >= 4 is 61.3 Å². The van der Waals surface area contributed by atoms with Crippen molar-refractivity contribution in [2.24, 2.45) is 5.10 Å². The number of rotatable bonds is 8. The topological polar surface area (TPSA) is 114 Å². The molecule has 198 valence electrons. The van der Waals surface area contributed by atoms with Crippen molar-refractivity contribution in [3.05, 3.63) is 123 Å². The van der Waals surface area contributed by atoms with E-state index in [9.17, 15) is 18.0 Å². The number of anilines is 1. The number of hydrogen-bond acceptors (Lipinski definition) is 6. The number of halogens is 2. The van der Waals surface area contributed by atoms with Gasteiger partial charge in [-0.05, 0) is 85.8 Å². The minimum absolute atomic E-state index is 0.0551. The molecule has 0 heterocycles. The van der Waals surface area contributed by atoms with Gasteiger partial charge in [0.05, 0.1) is 16.7 Å². The molecule has 0 saturated heterocycles. The lowest BCUT2D eigenvalue weighted by molar-refractivity contribution is 0.0734. The van der Waals surface area contributed by atoms with Gasteiger partial charge in [-0.3, -0.25) is 9.52 Å². The number of carbonyl (C=O) groups excluding carboxylic acids is 2. The number of hydrazone groups is 1. The minimum atomic E-state index is -3.82. The first kappa shape index (κ1) is 28.0. The van der Waals surface area contributed by atoms with Gasteiger partial charge in [0.15, 0.2) is 0 Å². The van der Waals surface area contributed by atoms with Crippen molar-refractivity contribution in [1.82, 2.24) is 5.43 Å². The number of nitrogens with one attached hydrogen (secondary N) is 2. The van der Waals surface area contributed by atoms with Gasteiger partial charge in [-0.15, -0.1) is 0 Å². The van der Waals surface area contributed by atoms with Crippen LogP contribution in [0.4, 0.5) is 5.69 Å². The Morgan fingerprint density at radius 1 is 0.923 bits per heavy atom. The molecular formula is C28H21BrClN3O5S. The summed E-state index contributed by atoms with van der Waals surface area (Å²) in [6, 6.07) is 23.7. The molecule has 1 amide bonds. The lowest BCUT2D eigenvalue weighted by Crippen LogP contribution is -2.18. The average Bonchev–Trinajstić information content (AvgIpc) is 2.90. The summed E-state index contributed by atoms with van der Waals surface area (Å²) in [5.41, 5.74) is 4.73. The fourth-order valence-corrected chi connectivity index (χ4v) is 4.95. The Balaban J connectivity index is 1.41. The second kappa shape index (κ2) is 12.2. The van der Waals surface area contributed by atoms with Gasteiger partial charge < -0.3 is 4.74 Å². The Labute approximate surface area is 238 Å². The molecule has 2 N–H and O–H groups in total. The van der Waals surface area contributed by atoms with Crippen LogP contribution in [0.5, 0.6) is 5.75 Å². The first-order valence-corrected chi connectivity index (χ1v) is 14.1. The monoisotopic (exact) mass is 625 g/mol. The summed E-state index contributed by atoms with van der Waals surface area (Å²) in [7, 11) is -3.82. The van der Waals surface area contributed by atoms with Crippen LogP contribution < -0.4 is 14.9 Å². The summed E-state index contributed by atoms with van der Waals surface area (Å²) in [5, 5.41) is 4.41. The minimum Gasteiger partial charge on any atom is -0.422 e. The molecule has 4 aromatic rings. The number of ether oxygens (including phenoxy) is 1. The van der Waals surface area contributed by atoms with Crippen molar-refractivity contribution in [1.29, 1.82) is 0 Å². The van der Waals surface area contributed by atoms with Crippen LogP contribution in [0, 0.1) is 6.92 Å². The van der Waals surface area contributed by atoms with E-state index >= 15 is 0 Å². The van der Waals surface area contributed by atoms with E-state index in [0.717, 1.165) is 10.0 Å². The number of esters is 1. The van der Waals surface area contributed by atoms with Crippen molar-refractivity contribution in [2.75, 3.05) is 4.72 Å². The molecule has 39 heavy (non-hydrogen) atoms. The van der Waals surface area contributed by atoms with Gasteiger partial charge >= 0.3 is 5.97 Å². The second-order valence-electron chi connectivity index (χ2n) is 8.28. The zero-order chi connectivity index (χ0) is 28.0. The van der Waals surface area contributed by atoms with Crippen LogP contribution in [0.1, 0.15) is 31.8 Å². The van der Waals surface area contributed by atoms with E-state index in [0.29, 0.717) is 16.1 Å². The highest BCUT2D eigenvalue weighted by Gasteiger charge is 2.15. The molecule has 0 atom stereocenters. The number of hydrogen-bond donors (Lipinski definition) is 2. The molecule has 0 spiro atoms. The van der Waals surface area contributed by atoms with Crippen LogP contribution >= 0.6 is 27.5 Å². The Kier molecular flexibility index (Phi) is 8.80. The molecule has 0 aliphatic carbocycles. The van der Waals surface area contributed by atoms with Crippen LogP contribution in [0.3, 0.4) is 0 Å². The third kappa shape index (κ3) is 7.53. The second-order valence-corrected chi connectivity index (χ2v) is 11.3. The quantitative estimate of drug-likeness (QED) is 0.105. The SMILES string of the molecule is Cc1cccc(C(=O)Oc2ccc(Br)cc2/C=N\NC(=O)c2ccc(NS(=O)(=O)c3ccc(Cl)cc3)cc2)c1. The lowest BCUT2D eigenvalue weighted by Gasteiger charge is -2.09. The predicted molar refractivity (Wildman–Crippen MR) is 154 cm³/mol. The number of carbonyl (C=O) groups is 2. The van der Waals surface area contributed by atoms with E-state index < -0.39 is 21.9 Å². The number of aryl methyl sites for hydroxylation is 1. The van der Waals surface area contributed by atoms with E-state index in [1.54, 1.807) is 36.4 Å². The van der Waals surface area contributed by atoms with E-state index in [2.05, 4.69) is 31.2 Å². The third-order valence-electron chi connectivity index (χ3n) is 5.32. The number of benzene rings is 4. The smallest absolute Gasteiger partial charge is 0.343 e. The highest BCUT2D eigenvalue weighted by molar-refractivity contribution is 9.10. The third-order valence-corrected chi connectivity index (χ3v) is 7.46. The van der Waals surface area contributed by atoms with Crippen molar-refractivity contribution in [3.63, 3.8) is 0 Å². The molecular weight excluding hydrogens is 606 g/mol. The summed E-state index contributed by atoms with van der Waals surface area (Å²) in [6.45, 7) is 1.88. The Bertz CT molecular complexity index is 1660. The largest absolute Gasteiger partial charge is 0.422 e. The molecule has 4 aromatic carbocycles. The van der Waals surface area contributed by atoms with E-state index in [1.165, 1.54) is 54.7 Å². The predicted octanol–water partition coefficient (Wildman–Crippen LogP) is 6.19. The molecule has 0 fully saturated rings. The molecule has 0 bridgehead atoms. The first-order valence-electron chi connectivity index (χ1n) is 11.4. The number of amides is 1. The van der Waals surface area contributed by atoms with E-state index in [1.807, 2.05) is 13.0 Å². The van der Waals surface area contributed by atoms with Crippen LogP contribution in [0.25, 0.3) is 0 Å². The van der Waals surface area contributed by atoms with Gasteiger partial charge in [0, 0.05) is 26.3 Å². The van der Waals surface area contributed by atoms with E-state index in [4.69, 9.17) is 16.3 Å². The van der Waals surface area contributed by atoms with Crippen molar-refractivity contribution < 1.29 is 22.7 Å². The molecule has 0 unspecified atom stereocenters. The molecule has 11 heteroatoms. The van der Waals surface area contributed by atoms with Gasteiger partial charge in [-0.2, -0.15) is 5.10 Å². The maximum Gasteiger partial charge on any atom is 0.343 e. The highest BCUT2D eigenvalue weighted by atomic mass is 79.9. The molecule has 4 rings (SSSR count). The zero-order valence-electron chi connectivity index (χ0n) is 20.4. The Morgan fingerprint density at radius 2 is 1.64 bits per heavy atom. The zero-order valence-corrected chi connectivity index (χ0v) is 23.5. The summed E-state index contributed by atoms with van der Waals surface area (Å²) in [6.07, 6.45) is 1.36. The first-order chi connectivity index (χ1) is 18.6. The van der Waals surface area contributed by atoms with Crippen LogP contribution in [0.15, 0.2) is 105 Å². The number of nitrogens with zero attached hydrogens (tertiary/aromatic N) is 1. The normalized spacial score (nSPS) is 11.3. The number of sulfonamides is 1. The van der Waals surface area contributed by atoms with E-state index in [-0.39, 0.29) is 21.9 Å². The summed E-state index contributed by atoms with van der Waals surface area (Å²) < 4.78 is 33.8. The maximum atomic E-state index is 12.6. The fraction of sp³-hybridized carbons (Fsp3) is 0.0357. The Morgan fingerprint density at radius 3 is 2.33 bits per heavy atom. The van der Waals surface area contributed by atoms with Crippen LogP contribution in [-0.4, -0.2) is 26.5 Å². The van der Waals surface area contributed by atoms with Gasteiger partial charge in [0.2, 0.25) is 0 Å². The molecule has 0 aromatic heterocycles. The molecule has 0 aliphatic rings. The van der Waals surface area contributed by atoms with Crippen molar-refractivity contribution in [3.8, 4) is 5.75 Å². The standard InChI is InChI=1S/C28H21BrClN3O5S/c1-18-3-2-4-20(15-18)28(35)38-26-14-7-22(29)16-21(26)17-31-32-27(34)19-5-10-24(11-6-19)33-39(36,37)25-12-8-23(30)9-13-25/h2-17,33H,1H3,(H,32,34)/b31-17-. The Hall–Kier alpha value is -3.99. The summed E-state index contributed by atoms with van der Waals surface area (Å²) in [5.74, 6) is -0.779.